The van der Waals surface area contributed by atoms with Crippen molar-refractivity contribution >= 4 is 39.8 Å². The second-order valence-electron chi connectivity index (χ2n) is 4.98. The van der Waals surface area contributed by atoms with Crippen LogP contribution >= 0.6 is 23.1 Å². The standard InChI is InChI=1S/C14H14ClN3O2S2/c15-10-4-6-11(7-5-10)22(20)14-12(16-17-21-14)13(19)18-8-2-1-3-9-18/h4-7H,1-3,8-9H2/t22-/m0/s1. The lowest BCUT2D eigenvalue weighted by atomic mass is 10.1. The Hall–Kier alpha value is -1.31. The van der Waals surface area contributed by atoms with Gasteiger partial charge in [-0.3, -0.25) is 4.79 Å². The molecule has 0 bridgehead atoms. The Balaban J connectivity index is 1.86. The summed E-state index contributed by atoms with van der Waals surface area (Å²) in [6.07, 6.45) is 3.14. The van der Waals surface area contributed by atoms with E-state index >= 15 is 0 Å². The molecule has 3 rings (SSSR count). The molecule has 2 heterocycles. The van der Waals surface area contributed by atoms with Crippen LogP contribution < -0.4 is 0 Å². The first kappa shape index (κ1) is 15.6. The highest BCUT2D eigenvalue weighted by Gasteiger charge is 2.27. The summed E-state index contributed by atoms with van der Waals surface area (Å²) in [4.78, 5) is 14.9. The zero-order chi connectivity index (χ0) is 15.5. The first-order chi connectivity index (χ1) is 10.7. The number of hydrogen-bond acceptors (Lipinski definition) is 5. The topological polar surface area (TPSA) is 63.2 Å². The molecule has 1 aromatic heterocycles. The van der Waals surface area contributed by atoms with E-state index in [0.717, 1.165) is 43.9 Å². The molecule has 0 spiro atoms. The number of halogens is 1. The molecule has 1 saturated heterocycles. The van der Waals surface area contributed by atoms with Gasteiger partial charge in [0.15, 0.2) is 9.90 Å². The third kappa shape index (κ3) is 3.21. The number of aromatic nitrogens is 2. The Morgan fingerprint density at radius 2 is 1.86 bits per heavy atom. The van der Waals surface area contributed by atoms with Gasteiger partial charge in [-0.25, -0.2) is 4.21 Å². The molecule has 2 aromatic rings. The van der Waals surface area contributed by atoms with Gasteiger partial charge in [0.05, 0.1) is 10.8 Å². The lowest BCUT2D eigenvalue weighted by Crippen LogP contribution is -2.36. The maximum Gasteiger partial charge on any atom is 0.276 e. The number of piperidine rings is 1. The highest BCUT2D eigenvalue weighted by atomic mass is 35.5. The van der Waals surface area contributed by atoms with E-state index in [-0.39, 0.29) is 11.6 Å². The van der Waals surface area contributed by atoms with E-state index in [1.807, 2.05) is 0 Å². The monoisotopic (exact) mass is 355 g/mol. The van der Waals surface area contributed by atoms with Gasteiger partial charge in [-0.05, 0) is 55.1 Å². The number of carbonyl (C=O) groups excluding carboxylic acids is 1. The molecule has 116 valence electrons. The number of benzene rings is 1. The van der Waals surface area contributed by atoms with Crippen molar-refractivity contribution in [2.45, 2.75) is 28.4 Å². The SMILES string of the molecule is O=C(c1nnsc1[S@@](=O)c1ccc(Cl)cc1)N1CCCCC1. The van der Waals surface area contributed by atoms with Gasteiger partial charge < -0.3 is 4.90 Å². The molecule has 0 N–H and O–H groups in total. The summed E-state index contributed by atoms with van der Waals surface area (Å²) in [5.74, 6) is -0.175. The summed E-state index contributed by atoms with van der Waals surface area (Å²) in [6.45, 7) is 1.45. The van der Waals surface area contributed by atoms with Gasteiger partial charge in [-0.15, -0.1) is 5.10 Å². The van der Waals surface area contributed by atoms with Crippen molar-refractivity contribution in [3.8, 4) is 0 Å². The summed E-state index contributed by atoms with van der Waals surface area (Å²) in [6, 6.07) is 6.73. The smallest absolute Gasteiger partial charge is 0.276 e. The van der Waals surface area contributed by atoms with Crippen LogP contribution in [0.15, 0.2) is 33.4 Å². The quantitative estimate of drug-likeness (QED) is 0.849. The van der Waals surface area contributed by atoms with Crippen molar-refractivity contribution in [3.63, 3.8) is 0 Å². The minimum atomic E-state index is -1.47. The molecule has 1 aliphatic rings. The molecule has 1 aliphatic heterocycles. The second kappa shape index (κ2) is 6.85. The summed E-state index contributed by atoms with van der Waals surface area (Å²) < 4.78 is 16.9. The number of carbonyl (C=O) groups is 1. The normalized spacial score (nSPS) is 16.5. The lowest BCUT2D eigenvalue weighted by molar-refractivity contribution is 0.0715. The fourth-order valence-corrected chi connectivity index (χ4v) is 4.44. The molecule has 0 aliphatic carbocycles. The van der Waals surface area contributed by atoms with E-state index in [2.05, 4.69) is 9.59 Å². The maximum absolute atomic E-state index is 12.7. The van der Waals surface area contributed by atoms with Crippen molar-refractivity contribution < 1.29 is 9.00 Å². The van der Waals surface area contributed by atoms with Crippen molar-refractivity contribution in [1.82, 2.24) is 14.5 Å². The molecule has 1 amide bonds. The van der Waals surface area contributed by atoms with Crippen LogP contribution in [-0.4, -0.2) is 37.7 Å². The minimum absolute atomic E-state index is 0.175. The molecular weight excluding hydrogens is 342 g/mol. The number of rotatable bonds is 3. The average Bonchev–Trinajstić information content (AvgIpc) is 3.04. The largest absolute Gasteiger partial charge is 0.337 e. The molecule has 1 aromatic carbocycles. The predicted octanol–water partition coefficient (Wildman–Crippen LogP) is 2.98. The maximum atomic E-state index is 12.7. The molecule has 8 heteroatoms. The van der Waals surface area contributed by atoms with Crippen molar-refractivity contribution in [1.29, 1.82) is 0 Å². The van der Waals surface area contributed by atoms with Crippen molar-refractivity contribution in [3.05, 3.63) is 35.0 Å². The van der Waals surface area contributed by atoms with Crippen LogP contribution in [0.25, 0.3) is 0 Å². The van der Waals surface area contributed by atoms with Crippen LogP contribution in [-0.2, 0) is 10.8 Å². The summed E-state index contributed by atoms with van der Waals surface area (Å²) in [5.41, 5.74) is 0.209. The Morgan fingerprint density at radius 1 is 1.18 bits per heavy atom. The van der Waals surface area contributed by atoms with Gasteiger partial charge in [0, 0.05) is 23.0 Å². The van der Waals surface area contributed by atoms with Gasteiger partial charge >= 0.3 is 0 Å². The Morgan fingerprint density at radius 3 is 2.55 bits per heavy atom. The summed E-state index contributed by atoms with van der Waals surface area (Å²) in [5, 5.41) is 4.49. The average molecular weight is 356 g/mol. The third-order valence-corrected chi connectivity index (χ3v) is 6.18. The number of nitrogens with zero attached hydrogens (tertiary/aromatic N) is 3. The lowest BCUT2D eigenvalue weighted by Gasteiger charge is -2.25. The zero-order valence-electron chi connectivity index (χ0n) is 11.7. The van der Waals surface area contributed by atoms with Crippen LogP contribution in [0.1, 0.15) is 29.8 Å². The van der Waals surface area contributed by atoms with E-state index < -0.39 is 10.8 Å². The van der Waals surface area contributed by atoms with Gasteiger partial charge in [-0.2, -0.15) is 0 Å². The molecule has 0 saturated carbocycles. The highest BCUT2D eigenvalue weighted by Crippen LogP contribution is 2.25. The van der Waals surface area contributed by atoms with Gasteiger partial charge in [0.2, 0.25) is 0 Å². The Kier molecular flexibility index (Phi) is 4.85. The first-order valence-corrected chi connectivity index (χ1v) is 9.26. The van der Waals surface area contributed by atoms with E-state index in [1.165, 1.54) is 0 Å². The van der Waals surface area contributed by atoms with Gasteiger partial charge in [0.1, 0.15) is 0 Å². The highest BCUT2D eigenvalue weighted by molar-refractivity contribution is 7.87. The molecule has 22 heavy (non-hydrogen) atoms. The molecule has 0 radical (unpaired) electrons. The minimum Gasteiger partial charge on any atom is -0.337 e. The van der Waals surface area contributed by atoms with Crippen LogP contribution in [0.5, 0.6) is 0 Å². The van der Waals surface area contributed by atoms with Crippen LogP contribution in [0.4, 0.5) is 0 Å². The Bertz CT molecular complexity index is 696. The fraction of sp³-hybridized carbons (Fsp3) is 0.357. The summed E-state index contributed by atoms with van der Waals surface area (Å²) >= 11 is 6.85. The van der Waals surface area contributed by atoms with E-state index in [4.69, 9.17) is 11.6 Å². The molecule has 0 unspecified atom stereocenters. The van der Waals surface area contributed by atoms with E-state index in [1.54, 1.807) is 29.2 Å². The first-order valence-electron chi connectivity index (χ1n) is 6.96. The van der Waals surface area contributed by atoms with Crippen LogP contribution in [0, 0.1) is 0 Å². The number of amides is 1. The second-order valence-corrected chi connectivity index (χ2v) is 7.85. The molecule has 1 fully saturated rings. The van der Waals surface area contributed by atoms with E-state index in [0.29, 0.717) is 14.1 Å². The van der Waals surface area contributed by atoms with Crippen LogP contribution in [0.3, 0.4) is 0 Å². The van der Waals surface area contributed by atoms with Crippen molar-refractivity contribution in [2.75, 3.05) is 13.1 Å². The van der Waals surface area contributed by atoms with E-state index in [9.17, 15) is 9.00 Å². The van der Waals surface area contributed by atoms with Gasteiger partial charge in [-0.1, -0.05) is 16.1 Å². The number of likely N-dealkylation sites (tertiary alicyclic amines) is 1. The van der Waals surface area contributed by atoms with Crippen LogP contribution in [0.2, 0.25) is 5.02 Å². The molecule has 1 atom stereocenters. The fourth-order valence-electron chi connectivity index (χ4n) is 2.35. The summed E-state index contributed by atoms with van der Waals surface area (Å²) in [7, 11) is -1.47. The molecule has 5 nitrogen and oxygen atoms in total. The third-order valence-electron chi connectivity index (χ3n) is 3.50. The van der Waals surface area contributed by atoms with Crippen molar-refractivity contribution in [2.24, 2.45) is 0 Å². The Labute approximate surface area is 139 Å². The predicted molar refractivity (Wildman–Crippen MR) is 85.8 cm³/mol. The number of hydrogen-bond donors (Lipinski definition) is 0. The zero-order valence-corrected chi connectivity index (χ0v) is 14.1. The molecular formula is C14H14ClN3O2S2. The van der Waals surface area contributed by atoms with Gasteiger partial charge in [0.25, 0.3) is 5.91 Å².